The monoisotopic (exact) mass is 425 g/mol. The van der Waals surface area contributed by atoms with E-state index in [1.165, 1.54) is 19.4 Å². The maximum Gasteiger partial charge on any atom is 0.321 e. The first-order valence-corrected chi connectivity index (χ1v) is 10.7. The Hall–Kier alpha value is -3.22. The van der Waals surface area contributed by atoms with Crippen molar-refractivity contribution in [3.05, 3.63) is 41.5 Å². The molecule has 0 bridgehead atoms. The van der Waals surface area contributed by atoms with E-state index in [2.05, 4.69) is 10.6 Å². The number of amides is 3. The maximum atomic E-state index is 12.7. The summed E-state index contributed by atoms with van der Waals surface area (Å²) in [6.45, 7) is 5.26. The fourth-order valence-electron chi connectivity index (χ4n) is 4.02. The lowest BCUT2D eigenvalue weighted by Crippen LogP contribution is -2.40. The lowest BCUT2D eigenvalue weighted by molar-refractivity contribution is -0.114. The molecule has 2 aromatic carbocycles. The first kappa shape index (κ1) is 22.5. The third kappa shape index (κ3) is 5.69. The number of phenols is 1. The molecule has 1 aliphatic carbocycles. The average molecular weight is 426 g/mol. The number of carbonyl (C=O) groups excluding carboxylic acids is 2. The molecular weight excluding hydrogens is 394 g/mol. The molecule has 1 saturated carbocycles. The molecule has 1 fully saturated rings. The number of phenolic OH excluding ortho intramolecular Hbond substituents is 1. The summed E-state index contributed by atoms with van der Waals surface area (Å²) in [4.78, 5) is 25.7. The van der Waals surface area contributed by atoms with Crippen molar-refractivity contribution in [2.45, 2.75) is 58.9 Å². The van der Waals surface area contributed by atoms with E-state index in [1.807, 2.05) is 26.0 Å². The van der Waals surface area contributed by atoms with Crippen LogP contribution >= 0.6 is 0 Å². The summed E-state index contributed by atoms with van der Waals surface area (Å²) in [6.07, 6.45) is 5.50. The number of aryl methyl sites for hydroxylation is 2. The van der Waals surface area contributed by atoms with Crippen molar-refractivity contribution < 1.29 is 19.4 Å². The van der Waals surface area contributed by atoms with Crippen LogP contribution in [-0.4, -0.2) is 35.0 Å². The first-order valence-electron chi connectivity index (χ1n) is 10.7. The standard InChI is InChI=1S/C24H31N3O4/c1-15-12-18(25-17(3)28)13-16(2)23(15)31-20-10-11-22(29)21(14-20)26-24(30)27(4)19-8-6-5-7-9-19/h10-14,19,29H,5-9H2,1-4H3,(H,25,28)(H,26,30). The van der Waals surface area contributed by atoms with Gasteiger partial charge in [0.05, 0.1) is 5.69 Å². The molecule has 0 spiro atoms. The third-order valence-corrected chi connectivity index (χ3v) is 5.65. The van der Waals surface area contributed by atoms with Crippen molar-refractivity contribution in [1.29, 1.82) is 0 Å². The number of nitrogens with one attached hydrogen (secondary N) is 2. The smallest absolute Gasteiger partial charge is 0.321 e. The number of urea groups is 1. The number of aromatic hydroxyl groups is 1. The van der Waals surface area contributed by atoms with Crippen LogP contribution < -0.4 is 15.4 Å². The molecule has 0 heterocycles. The molecule has 0 radical (unpaired) electrons. The van der Waals surface area contributed by atoms with Gasteiger partial charge in [0.2, 0.25) is 5.91 Å². The van der Waals surface area contributed by atoms with Crippen LogP contribution in [0, 0.1) is 13.8 Å². The zero-order valence-corrected chi connectivity index (χ0v) is 18.6. The predicted molar refractivity (Wildman–Crippen MR) is 122 cm³/mol. The normalized spacial score (nSPS) is 14.1. The van der Waals surface area contributed by atoms with Gasteiger partial charge in [0.15, 0.2) is 0 Å². The molecule has 0 aromatic heterocycles. The second-order valence-corrected chi connectivity index (χ2v) is 8.23. The van der Waals surface area contributed by atoms with Gasteiger partial charge in [-0.25, -0.2) is 4.79 Å². The SMILES string of the molecule is CC(=O)Nc1cc(C)c(Oc2ccc(O)c(NC(=O)N(C)C3CCCCC3)c2)c(C)c1. The lowest BCUT2D eigenvalue weighted by Gasteiger charge is -2.31. The van der Waals surface area contributed by atoms with Crippen LogP contribution in [-0.2, 0) is 4.79 Å². The molecule has 0 atom stereocenters. The fraction of sp³-hybridized carbons (Fsp3) is 0.417. The highest BCUT2D eigenvalue weighted by atomic mass is 16.5. The lowest BCUT2D eigenvalue weighted by atomic mass is 9.95. The molecule has 0 saturated heterocycles. The van der Waals surface area contributed by atoms with Gasteiger partial charge < -0.3 is 25.4 Å². The quantitative estimate of drug-likeness (QED) is 0.547. The van der Waals surface area contributed by atoms with Crippen LogP contribution in [0.1, 0.15) is 50.2 Å². The third-order valence-electron chi connectivity index (χ3n) is 5.65. The molecule has 166 valence electrons. The molecule has 2 aromatic rings. The predicted octanol–water partition coefficient (Wildman–Crippen LogP) is 5.56. The van der Waals surface area contributed by atoms with Crippen LogP contribution in [0.25, 0.3) is 0 Å². The van der Waals surface area contributed by atoms with Gasteiger partial charge in [-0.1, -0.05) is 19.3 Å². The summed E-state index contributed by atoms with van der Waals surface area (Å²) >= 11 is 0. The molecule has 7 nitrogen and oxygen atoms in total. The topological polar surface area (TPSA) is 90.9 Å². The average Bonchev–Trinajstić information content (AvgIpc) is 2.72. The minimum Gasteiger partial charge on any atom is -0.506 e. The Balaban J connectivity index is 1.75. The highest BCUT2D eigenvalue weighted by Gasteiger charge is 2.23. The summed E-state index contributed by atoms with van der Waals surface area (Å²) in [7, 11) is 1.80. The van der Waals surface area contributed by atoms with Gasteiger partial charge in [0.1, 0.15) is 17.2 Å². The fourth-order valence-corrected chi connectivity index (χ4v) is 4.02. The molecule has 0 unspecified atom stereocenters. The van der Waals surface area contributed by atoms with Crippen molar-refractivity contribution in [3.8, 4) is 17.2 Å². The molecule has 1 aliphatic rings. The number of hydrogen-bond acceptors (Lipinski definition) is 4. The molecule has 3 amide bonds. The van der Waals surface area contributed by atoms with Gasteiger partial charge in [0, 0.05) is 31.8 Å². The van der Waals surface area contributed by atoms with E-state index in [9.17, 15) is 14.7 Å². The summed E-state index contributed by atoms with van der Waals surface area (Å²) in [5.41, 5.74) is 2.73. The number of carbonyl (C=O) groups is 2. The summed E-state index contributed by atoms with van der Waals surface area (Å²) in [5, 5.41) is 15.8. The Labute approximate surface area is 183 Å². The Bertz CT molecular complexity index is 944. The number of benzene rings is 2. The zero-order chi connectivity index (χ0) is 22.5. The minimum absolute atomic E-state index is 0.0211. The van der Waals surface area contributed by atoms with Crippen molar-refractivity contribution in [2.24, 2.45) is 0 Å². The van der Waals surface area contributed by atoms with Crippen molar-refractivity contribution in [1.82, 2.24) is 4.90 Å². The summed E-state index contributed by atoms with van der Waals surface area (Å²) in [5.74, 6) is 1.00. The molecule has 0 aliphatic heterocycles. The van der Waals surface area contributed by atoms with Gasteiger partial charge >= 0.3 is 6.03 Å². The maximum absolute atomic E-state index is 12.7. The Morgan fingerprint density at radius 1 is 1.03 bits per heavy atom. The Morgan fingerprint density at radius 3 is 2.29 bits per heavy atom. The molecule has 3 rings (SSSR count). The number of hydrogen-bond donors (Lipinski definition) is 3. The largest absolute Gasteiger partial charge is 0.506 e. The van der Waals surface area contributed by atoms with Crippen LogP contribution in [0.15, 0.2) is 30.3 Å². The van der Waals surface area contributed by atoms with Crippen LogP contribution in [0.5, 0.6) is 17.2 Å². The minimum atomic E-state index is -0.244. The molecular formula is C24H31N3O4. The highest BCUT2D eigenvalue weighted by molar-refractivity contribution is 5.91. The number of ether oxygens (including phenoxy) is 1. The Kier molecular flexibility index (Phi) is 7.05. The van der Waals surface area contributed by atoms with Crippen LogP contribution in [0.4, 0.5) is 16.2 Å². The van der Waals surface area contributed by atoms with Gasteiger partial charge in [-0.2, -0.15) is 0 Å². The number of nitrogens with zero attached hydrogens (tertiary/aromatic N) is 1. The van der Waals surface area contributed by atoms with Crippen molar-refractivity contribution in [3.63, 3.8) is 0 Å². The van der Waals surface area contributed by atoms with E-state index in [1.54, 1.807) is 24.1 Å². The zero-order valence-electron chi connectivity index (χ0n) is 18.6. The second kappa shape index (κ2) is 9.73. The number of anilines is 2. The molecule has 7 heteroatoms. The molecule has 3 N–H and O–H groups in total. The van der Waals surface area contributed by atoms with Gasteiger partial charge in [-0.05, 0) is 62.1 Å². The van der Waals surface area contributed by atoms with E-state index >= 15 is 0 Å². The Morgan fingerprint density at radius 2 is 1.68 bits per heavy atom. The molecule has 31 heavy (non-hydrogen) atoms. The van der Waals surface area contributed by atoms with E-state index < -0.39 is 0 Å². The second-order valence-electron chi connectivity index (χ2n) is 8.23. The van der Waals surface area contributed by atoms with Gasteiger partial charge in [-0.3, -0.25) is 4.79 Å². The van der Waals surface area contributed by atoms with E-state index in [-0.39, 0.29) is 23.7 Å². The van der Waals surface area contributed by atoms with Gasteiger partial charge in [-0.15, -0.1) is 0 Å². The van der Waals surface area contributed by atoms with E-state index in [0.29, 0.717) is 22.9 Å². The van der Waals surface area contributed by atoms with Crippen molar-refractivity contribution >= 4 is 23.3 Å². The summed E-state index contributed by atoms with van der Waals surface area (Å²) in [6, 6.07) is 8.42. The van der Waals surface area contributed by atoms with E-state index in [0.717, 1.165) is 36.8 Å². The first-order chi connectivity index (χ1) is 14.7. The van der Waals surface area contributed by atoms with Crippen LogP contribution in [0.2, 0.25) is 0 Å². The van der Waals surface area contributed by atoms with Crippen molar-refractivity contribution in [2.75, 3.05) is 17.7 Å². The van der Waals surface area contributed by atoms with E-state index in [4.69, 9.17) is 4.74 Å². The number of rotatable bonds is 5. The van der Waals surface area contributed by atoms with Crippen LogP contribution in [0.3, 0.4) is 0 Å². The highest BCUT2D eigenvalue weighted by Crippen LogP contribution is 2.35. The van der Waals surface area contributed by atoms with Gasteiger partial charge in [0.25, 0.3) is 0 Å². The summed E-state index contributed by atoms with van der Waals surface area (Å²) < 4.78 is 6.07.